The van der Waals surface area contributed by atoms with Gasteiger partial charge in [0, 0.05) is 11.3 Å². The maximum atomic E-state index is 13.1. The number of halogens is 1. The van der Waals surface area contributed by atoms with E-state index in [1.165, 1.54) is 18.2 Å². The van der Waals surface area contributed by atoms with Crippen molar-refractivity contribution in [3.8, 4) is 0 Å². The van der Waals surface area contributed by atoms with Gasteiger partial charge < -0.3 is 5.32 Å². The molecule has 0 saturated carbocycles. The lowest BCUT2D eigenvalue weighted by atomic mass is 10.1. The molecule has 0 unspecified atom stereocenters. The van der Waals surface area contributed by atoms with Crippen molar-refractivity contribution in [1.82, 2.24) is 10.3 Å². The van der Waals surface area contributed by atoms with Crippen LogP contribution < -0.4 is 10.6 Å². The fraction of sp³-hybridized carbons (Fsp3) is 0.188. The Kier molecular flexibility index (Phi) is 4.50. The summed E-state index contributed by atoms with van der Waals surface area (Å²) in [6, 6.07) is 6.26. The van der Waals surface area contributed by atoms with Crippen molar-refractivity contribution in [2.75, 3.05) is 5.32 Å². The van der Waals surface area contributed by atoms with E-state index in [2.05, 4.69) is 15.6 Å². The number of imide groups is 1. The zero-order valence-corrected chi connectivity index (χ0v) is 12.5. The molecule has 0 aliphatic carbocycles. The van der Waals surface area contributed by atoms with Gasteiger partial charge in [-0.25, -0.2) is 9.18 Å². The summed E-state index contributed by atoms with van der Waals surface area (Å²) in [5, 5.41) is 4.75. The van der Waals surface area contributed by atoms with E-state index in [0.29, 0.717) is 11.4 Å². The normalized spacial score (nSPS) is 10.2. The number of aromatic nitrogens is 1. The average molecular weight is 301 g/mol. The van der Waals surface area contributed by atoms with Gasteiger partial charge in [0.2, 0.25) is 0 Å². The summed E-state index contributed by atoms with van der Waals surface area (Å²) in [7, 11) is 0. The zero-order valence-electron chi connectivity index (χ0n) is 12.5. The van der Waals surface area contributed by atoms with Crippen LogP contribution in [0.2, 0.25) is 0 Å². The molecule has 0 aliphatic rings. The van der Waals surface area contributed by atoms with Gasteiger partial charge in [0.05, 0.1) is 11.4 Å². The highest BCUT2D eigenvalue weighted by molar-refractivity contribution is 6.08. The van der Waals surface area contributed by atoms with Gasteiger partial charge >= 0.3 is 6.03 Å². The van der Waals surface area contributed by atoms with Crippen molar-refractivity contribution in [2.24, 2.45) is 0 Å². The van der Waals surface area contributed by atoms with Crippen LogP contribution in [-0.4, -0.2) is 16.9 Å². The minimum Gasteiger partial charge on any atom is -0.306 e. The van der Waals surface area contributed by atoms with Gasteiger partial charge in [-0.15, -0.1) is 0 Å². The molecule has 0 saturated heterocycles. The van der Waals surface area contributed by atoms with Crippen LogP contribution in [0, 0.1) is 26.6 Å². The molecular weight excluding hydrogens is 285 g/mol. The lowest BCUT2D eigenvalue weighted by Gasteiger charge is -2.12. The lowest BCUT2D eigenvalue weighted by molar-refractivity contribution is 0.0966. The number of benzene rings is 1. The Hall–Kier alpha value is -2.76. The fourth-order valence-corrected chi connectivity index (χ4v) is 2.16. The van der Waals surface area contributed by atoms with Gasteiger partial charge in [0.1, 0.15) is 5.82 Å². The largest absolute Gasteiger partial charge is 0.326 e. The van der Waals surface area contributed by atoms with Crippen LogP contribution in [0.5, 0.6) is 0 Å². The molecule has 6 heteroatoms. The molecule has 0 radical (unpaired) electrons. The zero-order chi connectivity index (χ0) is 16.3. The van der Waals surface area contributed by atoms with Crippen LogP contribution in [0.1, 0.15) is 27.3 Å². The second-order valence-electron chi connectivity index (χ2n) is 4.96. The molecule has 3 amide bonds. The third-order valence-electron chi connectivity index (χ3n) is 3.08. The predicted molar refractivity (Wildman–Crippen MR) is 81.3 cm³/mol. The third kappa shape index (κ3) is 3.66. The summed E-state index contributed by atoms with van der Waals surface area (Å²) in [5.41, 5.74) is 2.97. The summed E-state index contributed by atoms with van der Waals surface area (Å²) in [6.07, 6.45) is 0. The monoisotopic (exact) mass is 301 g/mol. The molecule has 1 heterocycles. The van der Waals surface area contributed by atoms with E-state index in [1.54, 1.807) is 6.92 Å². The Labute approximate surface area is 127 Å². The SMILES string of the molecule is Cc1cc(C)c(NC(=O)NC(=O)c2cccc(F)c2)c(C)n1. The van der Waals surface area contributed by atoms with Crippen LogP contribution in [0.15, 0.2) is 30.3 Å². The highest BCUT2D eigenvalue weighted by Crippen LogP contribution is 2.18. The van der Waals surface area contributed by atoms with E-state index in [4.69, 9.17) is 0 Å². The first-order valence-electron chi connectivity index (χ1n) is 6.69. The van der Waals surface area contributed by atoms with Crippen molar-refractivity contribution in [2.45, 2.75) is 20.8 Å². The quantitative estimate of drug-likeness (QED) is 0.895. The number of carbonyl (C=O) groups excluding carboxylic acids is 2. The standard InChI is InChI=1S/C16H16FN3O2/c1-9-7-10(2)18-11(3)14(9)19-16(22)20-15(21)12-5-4-6-13(17)8-12/h4-8H,1-3H3,(H2,19,20,21,22). The lowest BCUT2D eigenvalue weighted by Crippen LogP contribution is -2.34. The van der Waals surface area contributed by atoms with Crippen molar-refractivity contribution in [3.63, 3.8) is 0 Å². The van der Waals surface area contributed by atoms with E-state index >= 15 is 0 Å². The number of pyridine rings is 1. The summed E-state index contributed by atoms with van der Waals surface area (Å²) in [6.45, 7) is 5.47. The van der Waals surface area contributed by atoms with E-state index in [9.17, 15) is 14.0 Å². The maximum absolute atomic E-state index is 13.1. The van der Waals surface area contributed by atoms with Crippen LogP contribution in [0.3, 0.4) is 0 Å². The third-order valence-corrected chi connectivity index (χ3v) is 3.08. The van der Waals surface area contributed by atoms with Crippen molar-refractivity contribution < 1.29 is 14.0 Å². The highest BCUT2D eigenvalue weighted by atomic mass is 19.1. The Morgan fingerprint density at radius 3 is 2.50 bits per heavy atom. The van der Waals surface area contributed by atoms with Gasteiger partial charge in [-0.3, -0.25) is 15.1 Å². The van der Waals surface area contributed by atoms with E-state index in [0.717, 1.165) is 17.3 Å². The molecule has 114 valence electrons. The summed E-state index contributed by atoms with van der Waals surface area (Å²) >= 11 is 0. The molecule has 2 rings (SSSR count). The average Bonchev–Trinajstić information content (AvgIpc) is 2.42. The molecular formula is C16H16FN3O2. The number of anilines is 1. The molecule has 0 bridgehead atoms. The van der Waals surface area contributed by atoms with Gasteiger partial charge in [0.25, 0.3) is 5.91 Å². The van der Waals surface area contributed by atoms with Crippen LogP contribution >= 0.6 is 0 Å². The van der Waals surface area contributed by atoms with E-state index in [1.807, 2.05) is 19.9 Å². The number of hydrogen-bond acceptors (Lipinski definition) is 3. The van der Waals surface area contributed by atoms with Crippen molar-refractivity contribution >= 4 is 17.6 Å². The maximum Gasteiger partial charge on any atom is 0.326 e. The Morgan fingerprint density at radius 1 is 1.14 bits per heavy atom. The fourth-order valence-electron chi connectivity index (χ4n) is 2.16. The number of carbonyl (C=O) groups is 2. The van der Waals surface area contributed by atoms with Crippen LogP contribution in [0.25, 0.3) is 0 Å². The number of rotatable bonds is 2. The molecule has 0 atom stereocenters. The Morgan fingerprint density at radius 2 is 1.86 bits per heavy atom. The first-order valence-corrected chi connectivity index (χ1v) is 6.69. The molecule has 1 aromatic carbocycles. The first kappa shape index (κ1) is 15.6. The second kappa shape index (κ2) is 6.34. The highest BCUT2D eigenvalue weighted by Gasteiger charge is 2.13. The first-order chi connectivity index (χ1) is 10.4. The molecule has 5 nitrogen and oxygen atoms in total. The number of hydrogen-bond donors (Lipinski definition) is 2. The van der Waals surface area contributed by atoms with Gasteiger partial charge in [-0.2, -0.15) is 0 Å². The number of nitrogens with one attached hydrogen (secondary N) is 2. The second-order valence-corrected chi connectivity index (χ2v) is 4.96. The minimum absolute atomic E-state index is 0.0747. The van der Waals surface area contributed by atoms with Crippen LogP contribution in [-0.2, 0) is 0 Å². The summed E-state index contributed by atoms with van der Waals surface area (Å²) in [4.78, 5) is 28.0. The molecule has 0 spiro atoms. The van der Waals surface area contributed by atoms with Gasteiger partial charge in [-0.05, 0) is 50.6 Å². The Bertz CT molecular complexity index is 721. The van der Waals surface area contributed by atoms with Crippen molar-refractivity contribution in [3.05, 3.63) is 58.7 Å². The minimum atomic E-state index is -0.689. The molecule has 1 aromatic heterocycles. The van der Waals surface area contributed by atoms with Crippen LogP contribution in [0.4, 0.5) is 14.9 Å². The van der Waals surface area contributed by atoms with E-state index in [-0.39, 0.29) is 5.56 Å². The molecule has 2 N–H and O–H groups in total. The molecule has 2 aromatic rings. The van der Waals surface area contributed by atoms with Gasteiger partial charge in [-0.1, -0.05) is 6.07 Å². The molecule has 0 fully saturated rings. The van der Waals surface area contributed by atoms with E-state index < -0.39 is 17.8 Å². The van der Waals surface area contributed by atoms with Crippen molar-refractivity contribution in [1.29, 1.82) is 0 Å². The number of nitrogens with zero attached hydrogens (tertiary/aromatic N) is 1. The molecule has 22 heavy (non-hydrogen) atoms. The number of aryl methyl sites for hydroxylation is 3. The predicted octanol–water partition coefficient (Wildman–Crippen LogP) is 3.11. The van der Waals surface area contributed by atoms with Gasteiger partial charge in [0.15, 0.2) is 0 Å². The number of urea groups is 1. The smallest absolute Gasteiger partial charge is 0.306 e. The topological polar surface area (TPSA) is 71.1 Å². The summed E-state index contributed by atoms with van der Waals surface area (Å²) in [5.74, 6) is -1.21. The summed E-state index contributed by atoms with van der Waals surface area (Å²) < 4.78 is 13.1. The Balaban J connectivity index is 2.09. The molecule has 0 aliphatic heterocycles. The number of amides is 3.